The zero-order chi connectivity index (χ0) is 19.9. The molecule has 0 aromatic heterocycles. The number of amides is 4. The average Bonchev–Trinajstić information content (AvgIpc) is 3.28. The molecule has 8 nitrogen and oxygen atoms in total. The number of sulfone groups is 1. The van der Waals surface area contributed by atoms with Crippen molar-refractivity contribution in [1.82, 2.24) is 15.1 Å². The summed E-state index contributed by atoms with van der Waals surface area (Å²) >= 11 is 0. The minimum Gasteiger partial charge on any atom is -0.339 e. The van der Waals surface area contributed by atoms with E-state index in [0.717, 1.165) is 36.4 Å². The van der Waals surface area contributed by atoms with Gasteiger partial charge in [0.2, 0.25) is 0 Å². The molecule has 3 aliphatic heterocycles. The fourth-order valence-electron chi connectivity index (χ4n) is 4.08. The predicted octanol–water partition coefficient (Wildman–Crippen LogP) is 0.922. The van der Waals surface area contributed by atoms with E-state index in [1.165, 1.54) is 0 Å². The first kappa shape index (κ1) is 18.9. The summed E-state index contributed by atoms with van der Waals surface area (Å²) in [5.74, 6) is -0.564. The third-order valence-corrected chi connectivity index (χ3v) is 7.51. The fourth-order valence-corrected chi connectivity index (χ4v) is 5.61. The number of imide groups is 1. The highest BCUT2D eigenvalue weighted by Crippen LogP contribution is 2.31. The van der Waals surface area contributed by atoms with Crippen LogP contribution in [0.5, 0.6) is 0 Å². The number of carbonyl (C=O) groups excluding carboxylic acids is 3. The van der Waals surface area contributed by atoms with Gasteiger partial charge in [-0.25, -0.2) is 13.2 Å². The molecule has 4 amide bonds. The number of urea groups is 1. The van der Waals surface area contributed by atoms with E-state index < -0.39 is 21.4 Å². The van der Waals surface area contributed by atoms with Gasteiger partial charge in [0.15, 0.2) is 9.84 Å². The second-order valence-electron chi connectivity index (χ2n) is 7.75. The molecular formula is C19H23N3O5S. The first-order valence-corrected chi connectivity index (χ1v) is 11.3. The van der Waals surface area contributed by atoms with Crippen LogP contribution in [0.1, 0.15) is 41.6 Å². The van der Waals surface area contributed by atoms with Gasteiger partial charge in [0.1, 0.15) is 5.54 Å². The van der Waals surface area contributed by atoms with Crippen LogP contribution in [0.4, 0.5) is 4.79 Å². The molecule has 3 aliphatic rings. The number of rotatable bonds is 3. The van der Waals surface area contributed by atoms with Crippen molar-refractivity contribution in [3.63, 3.8) is 0 Å². The Morgan fingerprint density at radius 2 is 1.64 bits per heavy atom. The van der Waals surface area contributed by atoms with Gasteiger partial charge < -0.3 is 10.2 Å². The maximum atomic E-state index is 12.8. The molecule has 0 bridgehead atoms. The maximum absolute atomic E-state index is 12.8. The molecule has 3 saturated heterocycles. The number of carbonyl (C=O) groups is 3. The Morgan fingerprint density at radius 3 is 2.25 bits per heavy atom. The van der Waals surface area contributed by atoms with E-state index in [1.54, 1.807) is 24.3 Å². The van der Waals surface area contributed by atoms with Gasteiger partial charge in [0.25, 0.3) is 11.8 Å². The highest BCUT2D eigenvalue weighted by molar-refractivity contribution is 7.91. The summed E-state index contributed by atoms with van der Waals surface area (Å²) in [6.07, 6.45) is 2.28. The molecule has 0 unspecified atom stereocenters. The van der Waals surface area contributed by atoms with Crippen molar-refractivity contribution in [2.75, 3.05) is 24.6 Å². The molecular weight excluding hydrogens is 382 g/mol. The smallest absolute Gasteiger partial charge is 0.325 e. The second-order valence-corrected chi connectivity index (χ2v) is 10.1. The summed E-state index contributed by atoms with van der Waals surface area (Å²) < 4.78 is 23.3. The summed E-state index contributed by atoms with van der Waals surface area (Å²) in [6, 6.07) is 6.44. The van der Waals surface area contributed by atoms with Gasteiger partial charge in [-0.05, 0) is 43.4 Å². The van der Waals surface area contributed by atoms with E-state index in [-0.39, 0.29) is 42.7 Å². The van der Waals surface area contributed by atoms with Crippen LogP contribution >= 0.6 is 0 Å². The Bertz CT molecular complexity index is 905. The highest BCUT2D eigenvalue weighted by atomic mass is 32.2. The van der Waals surface area contributed by atoms with Gasteiger partial charge in [0, 0.05) is 18.7 Å². The topological polar surface area (TPSA) is 104 Å². The standard InChI is InChI=1S/C19H23N3O5S/c23-16(21-9-1-2-10-21)15-5-3-14(4-6-15)13-22-17(24)19(20-18(22)25)7-11-28(26,27)12-8-19/h3-6H,1-2,7-13H2,(H,20,25). The number of nitrogens with zero attached hydrogens (tertiary/aromatic N) is 2. The zero-order valence-electron chi connectivity index (χ0n) is 15.5. The molecule has 4 rings (SSSR count). The third kappa shape index (κ3) is 3.39. The first-order valence-electron chi connectivity index (χ1n) is 9.52. The number of hydrogen-bond donors (Lipinski definition) is 1. The minimum absolute atomic E-state index is 0.00131. The average molecular weight is 405 g/mol. The Labute approximate surface area is 163 Å². The lowest BCUT2D eigenvalue weighted by Crippen LogP contribution is -2.52. The van der Waals surface area contributed by atoms with Crippen molar-refractivity contribution in [3.8, 4) is 0 Å². The van der Waals surface area contributed by atoms with E-state index in [9.17, 15) is 22.8 Å². The Morgan fingerprint density at radius 1 is 1.04 bits per heavy atom. The summed E-state index contributed by atoms with van der Waals surface area (Å²) in [6.45, 7) is 1.65. The first-order chi connectivity index (χ1) is 13.3. The molecule has 1 aromatic rings. The van der Waals surface area contributed by atoms with Crippen LogP contribution in [0.2, 0.25) is 0 Å². The van der Waals surface area contributed by atoms with Crippen molar-refractivity contribution < 1.29 is 22.8 Å². The molecule has 0 radical (unpaired) electrons. The van der Waals surface area contributed by atoms with Gasteiger partial charge in [-0.1, -0.05) is 12.1 Å². The van der Waals surface area contributed by atoms with Crippen molar-refractivity contribution >= 4 is 27.7 Å². The molecule has 1 spiro atoms. The lowest BCUT2D eigenvalue weighted by Gasteiger charge is -2.30. The Hall–Kier alpha value is -2.42. The van der Waals surface area contributed by atoms with Crippen LogP contribution in [-0.4, -0.2) is 66.2 Å². The van der Waals surface area contributed by atoms with E-state index in [0.29, 0.717) is 5.56 Å². The van der Waals surface area contributed by atoms with Crippen molar-refractivity contribution in [3.05, 3.63) is 35.4 Å². The van der Waals surface area contributed by atoms with E-state index in [4.69, 9.17) is 0 Å². The summed E-state index contributed by atoms with van der Waals surface area (Å²) in [5, 5.41) is 2.71. The molecule has 9 heteroatoms. The molecule has 28 heavy (non-hydrogen) atoms. The van der Waals surface area contributed by atoms with Crippen LogP contribution in [0.3, 0.4) is 0 Å². The van der Waals surface area contributed by atoms with E-state index in [1.807, 2.05) is 4.90 Å². The SMILES string of the molecule is O=C(c1ccc(CN2C(=O)NC3(CCS(=O)(=O)CC3)C2=O)cc1)N1CCCC1. The number of likely N-dealkylation sites (tertiary alicyclic amines) is 1. The molecule has 150 valence electrons. The monoisotopic (exact) mass is 405 g/mol. The largest absolute Gasteiger partial charge is 0.339 e. The minimum atomic E-state index is -3.14. The number of benzene rings is 1. The Balaban J connectivity index is 1.45. The van der Waals surface area contributed by atoms with Crippen molar-refractivity contribution in [2.45, 2.75) is 37.8 Å². The number of hydrogen-bond acceptors (Lipinski definition) is 5. The number of nitrogens with one attached hydrogen (secondary N) is 1. The molecule has 0 aliphatic carbocycles. The van der Waals surface area contributed by atoms with Crippen LogP contribution < -0.4 is 5.32 Å². The lowest BCUT2D eigenvalue weighted by atomic mass is 9.92. The maximum Gasteiger partial charge on any atom is 0.325 e. The molecule has 3 fully saturated rings. The van der Waals surface area contributed by atoms with Crippen molar-refractivity contribution in [2.24, 2.45) is 0 Å². The summed E-state index contributed by atoms with van der Waals surface area (Å²) in [5.41, 5.74) is 0.229. The zero-order valence-corrected chi connectivity index (χ0v) is 16.3. The van der Waals surface area contributed by atoms with Crippen LogP contribution in [0, 0.1) is 0 Å². The van der Waals surface area contributed by atoms with E-state index in [2.05, 4.69) is 5.32 Å². The molecule has 3 heterocycles. The summed E-state index contributed by atoms with van der Waals surface area (Å²) in [7, 11) is -3.14. The Kier molecular flexibility index (Phi) is 4.65. The molecule has 1 N–H and O–H groups in total. The van der Waals surface area contributed by atoms with Crippen molar-refractivity contribution in [1.29, 1.82) is 0 Å². The third-order valence-electron chi connectivity index (χ3n) is 5.86. The van der Waals surface area contributed by atoms with Crippen LogP contribution in [0.25, 0.3) is 0 Å². The van der Waals surface area contributed by atoms with Gasteiger partial charge in [-0.15, -0.1) is 0 Å². The normalized spacial score (nSPS) is 23.3. The van der Waals surface area contributed by atoms with Gasteiger partial charge >= 0.3 is 6.03 Å². The summed E-state index contributed by atoms with van der Waals surface area (Å²) in [4.78, 5) is 40.6. The van der Waals surface area contributed by atoms with Crippen LogP contribution in [-0.2, 0) is 21.2 Å². The highest BCUT2D eigenvalue weighted by Gasteiger charge is 2.53. The van der Waals surface area contributed by atoms with E-state index >= 15 is 0 Å². The van der Waals surface area contributed by atoms with Gasteiger partial charge in [-0.2, -0.15) is 0 Å². The second kappa shape index (κ2) is 6.88. The predicted molar refractivity (Wildman–Crippen MR) is 101 cm³/mol. The van der Waals surface area contributed by atoms with Gasteiger partial charge in [-0.3, -0.25) is 14.5 Å². The lowest BCUT2D eigenvalue weighted by molar-refractivity contribution is -0.132. The quantitative estimate of drug-likeness (QED) is 0.753. The molecule has 0 saturated carbocycles. The molecule has 1 aromatic carbocycles. The fraction of sp³-hybridized carbons (Fsp3) is 0.526. The van der Waals surface area contributed by atoms with Crippen LogP contribution in [0.15, 0.2) is 24.3 Å². The molecule has 0 atom stereocenters. The van der Waals surface area contributed by atoms with Gasteiger partial charge in [0.05, 0.1) is 18.1 Å².